The van der Waals surface area contributed by atoms with Crippen LogP contribution >= 0.6 is 15.9 Å². The van der Waals surface area contributed by atoms with Crippen LogP contribution < -0.4 is 10.9 Å². The quantitative estimate of drug-likeness (QED) is 0.489. The van der Waals surface area contributed by atoms with Crippen molar-refractivity contribution in [2.45, 2.75) is 18.9 Å². The number of amides is 1. The molecule has 1 aromatic heterocycles. The van der Waals surface area contributed by atoms with Crippen molar-refractivity contribution in [2.75, 3.05) is 5.32 Å². The Labute approximate surface area is 181 Å². The summed E-state index contributed by atoms with van der Waals surface area (Å²) in [7, 11) is 0. The van der Waals surface area contributed by atoms with Gasteiger partial charge in [0.25, 0.3) is 5.56 Å². The summed E-state index contributed by atoms with van der Waals surface area (Å²) in [5, 5.41) is 3.52. The van der Waals surface area contributed by atoms with Crippen LogP contribution in [0.3, 0.4) is 0 Å². The first-order valence-corrected chi connectivity index (χ1v) is 10.5. The molecule has 0 radical (unpaired) electrons. The number of anilines is 1. The lowest BCUT2D eigenvalue weighted by Gasteiger charge is -2.16. The summed E-state index contributed by atoms with van der Waals surface area (Å²) >= 11 is 3.49. The number of nitrogens with one attached hydrogen (secondary N) is 1. The van der Waals surface area contributed by atoms with Crippen molar-refractivity contribution in [3.8, 4) is 0 Å². The maximum Gasteiger partial charge on any atom is 0.261 e. The highest BCUT2D eigenvalue weighted by Crippen LogP contribution is 2.36. The molecule has 1 N–H and O–H groups in total. The first kappa shape index (κ1) is 18.8. The molecule has 5 rings (SSSR count). The normalized spacial score (nSPS) is 15.2. The molecule has 1 amide bonds. The summed E-state index contributed by atoms with van der Waals surface area (Å²) in [6, 6.07) is 22.9. The Balaban J connectivity index is 1.63. The number of aromatic nitrogens is 2. The second kappa shape index (κ2) is 7.54. The minimum atomic E-state index is -0.396. The fourth-order valence-electron chi connectivity index (χ4n) is 3.98. The van der Waals surface area contributed by atoms with Crippen LogP contribution in [0, 0.1) is 0 Å². The van der Waals surface area contributed by atoms with Crippen LogP contribution in [0.2, 0.25) is 0 Å². The zero-order valence-corrected chi connectivity index (χ0v) is 17.6. The van der Waals surface area contributed by atoms with E-state index in [4.69, 9.17) is 4.98 Å². The Hall–Kier alpha value is -3.25. The number of carbonyl (C=O) groups excluding carboxylic acids is 1. The highest BCUT2D eigenvalue weighted by molar-refractivity contribution is 9.10. The molecule has 6 heteroatoms. The summed E-state index contributed by atoms with van der Waals surface area (Å²) in [6.07, 6.45) is 0.349. The van der Waals surface area contributed by atoms with Crippen molar-refractivity contribution < 1.29 is 4.79 Å². The Kier molecular flexibility index (Phi) is 4.71. The molecule has 0 unspecified atom stereocenters. The second-order valence-electron chi connectivity index (χ2n) is 7.40. The molecular formula is C24H18BrN3O2. The Bertz CT molecular complexity index is 1330. The lowest BCUT2D eigenvalue weighted by atomic mass is 9.96. The molecule has 1 aliphatic rings. The van der Waals surface area contributed by atoms with Gasteiger partial charge in [0.2, 0.25) is 5.91 Å². The first-order valence-electron chi connectivity index (χ1n) is 9.73. The first-order chi connectivity index (χ1) is 14.6. The SMILES string of the molecule is O=C1Nc2ccc(Br)cc2[C@H]1Cc1nc2ccccc2c(=O)n1Cc1ccccc1. The van der Waals surface area contributed by atoms with Crippen molar-refractivity contribution in [3.63, 3.8) is 0 Å². The molecule has 1 aliphatic heterocycles. The lowest BCUT2D eigenvalue weighted by Crippen LogP contribution is -2.28. The number of rotatable bonds is 4. The molecule has 0 fully saturated rings. The lowest BCUT2D eigenvalue weighted by molar-refractivity contribution is -0.117. The van der Waals surface area contributed by atoms with E-state index in [0.29, 0.717) is 29.7 Å². The van der Waals surface area contributed by atoms with Gasteiger partial charge in [0.1, 0.15) is 5.82 Å². The van der Waals surface area contributed by atoms with Gasteiger partial charge in [-0.2, -0.15) is 0 Å². The van der Waals surface area contributed by atoms with E-state index in [9.17, 15) is 9.59 Å². The van der Waals surface area contributed by atoms with Gasteiger partial charge in [-0.3, -0.25) is 14.2 Å². The fourth-order valence-corrected chi connectivity index (χ4v) is 4.36. The largest absolute Gasteiger partial charge is 0.325 e. The molecule has 30 heavy (non-hydrogen) atoms. The monoisotopic (exact) mass is 459 g/mol. The zero-order valence-electron chi connectivity index (χ0n) is 16.0. The predicted octanol–water partition coefficient (Wildman–Crippen LogP) is 4.49. The van der Waals surface area contributed by atoms with Crippen LogP contribution in [0.15, 0.2) is 82.1 Å². The average molecular weight is 460 g/mol. The van der Waals surface area contributed by atoms with Gasteiger partial charge in [-0.1, -0.05) is 58.4 Å². The number of nitrogens with zero attached hydrogens (tertiary/aromatic N) is 2. The summed E-state index contributed by atoms with van der Waals surface area (Å²) in [5.41, 5.74) is 3.30. The number of benzene rings is 3. The van der Waals surface area contributed by atoms with E-state index < -0.39 is 5.92 Å². The molecule has 2 heterocycles. The number of hydrogen-bond donors (Lipinski definition) is 1. The number of hydrogen-bond acceptors (Lipinski definition) is 3. The van der Waals surface area contributed by atoms with Crippen molar-refractivity contribution in [2.24, 2.45) is 0 Å². The van der Waals surface area contributed by atoms with E-state index in [0.717, 1.165) is 21.3 Å². The molecular weight excluding hydrogens is 442 g/mol. The van der Waals surface area contributed by atoms with Gasteiger partial charge in [0.05, 0.1) is 23.4 Å². The van der Waals surface area contributed by atoms with Gasteiger partial charge in [-0.15, -0.1) is 0 Å². The maximum atomic E-state index is 13.3. The van der Waals surface area contributed by atoms with Crippen LogP contribution in [0.1, 0.15) is 22.9 Å². The van der Waals surface area contributed by atoms with E-state index in [1.807, 2.05) is 66.7 Å². The predicted molar refractivity (Wildman–Crippen MR) is 121 cm³/mol. The molecule has 148 valence electrons. The zero-order chi connectivity index (χ0) is 20.7. The van der Waals surface area contributed by atoms with Gasteiger partial charge in [-0.05, 0) is 41.5 Å². The van der Waals surface area contributed by atoms with E-state index >= 15 is 0 Å². The van der Waals surface area contributed by atoms with Gasteiger partial charge in [-0.25, -0.2) is 4.98 Å². The van der Waals surface area contributed by atoms with Gasteiger partial charge in [0.15, 0.2) is 0 Å². The van der Waals surface area contributed by atoms with Gasteiger partial charge in [0, 0.05) is 16.6 Å². The van der Waals surface area contributed by atoms with Crippen LogP contribution in [0.5, 0.6) is 0 Å². The summed E-state index contributed by atoms with van der Waals surface area (Å²) < 4.78 is 2.61. The Morgan fingerprint density at radius 1 is 0.967 bits per heavy atom. The molecule has 1 atom stereocenters. The molecule has 0 spiro atoms. The maximum absolute atomic E-state index is 13.3. The molecule has 3 aromatic carbocycles. The van der Waals surface area contributed by atoms with Crippen LogP contribution in [-0.4, -0.2) is 15.5 Å². The Morgan fingerprint density at radius 2 is 1.73 bits per heavy atom. The minimum absolute atomic E-state index is 0.0724. The molecule has 4 aromatic rings. The van der Waals surface area contributed by atoms with Crippen molar-refractivity contribution in [1.29, 1.82) is 0 Å². The van der Waals surface area contributed by atoms with E-state index in [-0.39, 0.29) is 11.5 Å². The topological polar surface area (TPSA) is 64.0 Å². The van der Waals surface area contributed by atoms with E-state index in [1.165, 1.54) is 0 Å². The van der Waals surface area contributed by atoms with Gasteiger partial charge >= 0.3 is 0 Å². The molecule has 0 saturated carbocycles. The average Bonchev–Trinajstić information content (AvgIpc) is 3.06. The Morgan fingerprint density at radius 3 is 2.57 bits per heavy atom. The van der Waals surface area contributed by atoms with Crippen molar-refractivity contribution in [3.05, 3.63) is 105 Å². The van der Waals surface area contributed by atoms with Gasteiger partial charge < -0.3 is 5.32 Å². The third-order valence-electron chi connectivity index (χ3n) is 5.47. The number of carbonyl (C=O) groups is 1. The van der Waals surface area contributed by atoms with Crippen LogP contribution in [0.25, 0.3) is 10.9 Å². The number of halogens is 1. The van der Waals surface area contributed by atoms with Crippen molar-refractivity contribution >= 4 is 38.4 Å². The molecule has 0 saturated heterocycles. The number of para-hydroxylation sites is 1. The van der Waals surface area contributed by atoms with E-state index in [1.54, 1.807) is 10.6 Å². The van der Waals surface area contributed by atoms with Crippen molar-refractivity contribution in [1.82, 2.24) is 9.55 Å². The standard InChI is InChI=1S/C24H18BrN3O2/c25-16-10-11-21-18(12-16)19(23(29)27-21)13-22-26-20-9-5-4-8-17(20)24(30)28(22)14-15-6-2-1-3-7-15/h1-12,19H,13-14H2,(H,27,29)/t19-/m1/s1. The van der Waals surface area contributed by atoms with Crippen LogP contribution in [-0.2, 0) is 17.8 Å². The molecule has 5 nitrogen and oxygen atoms in total. The molecule has 0 aliphatic carbocycles. The minimum Gasteiger partial charge on any atom is -0.325 e. The third-order valence-corrected chi connectivity index (χ3v) is 5.97. The highest BCUT2D eigenvalue weighted by Gasteiger charge is 2.32. The molecule has 0 bridgehead atoms. The summed E-state index contributed by atoms with van der Waals surface area (Å²) in [6.45, 7) is 0.409. The van der Waals surface area contributed by atoms with Crippen LogP contribution in [0.4, 0.5) is 5.69 Å². The number of fused-ring (bicyclic) bond motifs is 2. The third kappa shape index (κ3) is 3.33. The summed E-state index contributed by atoms with van der Waals surface area (Å²) in [4.78, 5) is 30.8. The second-order valence-corrected chi connectivity index (χ2v) is 8.32. The van der Waals surface area contributed by atoms with E-state index in [2.05, 4.69) is 21.2 Å². The highest BCUT2D eigenvalue weighted by atomic mass is 79.9. The summed E-state index contributed by atoms with van der Waals surface area (Å²) in [5.74, 6) is 0.139. The fraction of sp³-hybridized carbons (Fsp3) is 0.125. The smallest absolute Gasteiger partial charge is 0.261 e.